The molecular formula is C17H16N4O3S. The molecule has 0 bridgehead atoms. The molecule has 2 aliphatic rings. The van der Waals surface area contributed by atoms with Crippen molar-refractivity contribution in [3.8, 4) is 0 Å². The van der Waals surface area contributed by atoms with Crippen LogP contribution in [0.2, 0.25) is 0 Å². The molecule has 4 amide bonds. The van der Waals surface area contributed by atoms with E-state index in [-0.39, 0.29) is 12.5 Å². The first-order valence-corrected chi connectivity index (χ1v) is 8.82. The predicted octanol–water partition coefficient (Wildman–Crippen LogP) is 1.78. The van der Waals surface area contributed by atoms with Crippen LogP contribution in [0.15, 0.2) is 29.6 Å². The fourth-order valence-corrected chi connectivity index (χ4v) is 4.15. The minimum absolute atomic E-state index is 0.326. The number of aryl methyl sites for hydroxylation is 2. The maximum absolute atomic E-state index is 12.9. The number of carbonyl (C=O) groups excluding carboxylic acids is 3. The minimum Gasteiger partial charge on any atom is -0.319 e. The molecule has 1 saturated heterocycles. The molecule has 128 valence electrons. The number of amides is 4. The molecule has 2 N–H and O–H groups in total. The van der Waals surface area contributed by atoms with Crippen molar-refractivity contribution < 1.29 is 14.4 Å². The number of thiazole rings is 1. The van der Waals surface area contributed by atoms with Crippen LogP contribution < -0.4 is 10.6 Å². The quantitative estimate of drug-likeness (QED) is 0.820. The second-order valence-corrected chi connectivity index (χ2v) is 7.08. The number of benzene rings is 1. The van der Waals surface area contributed by atoms with Crippen molar-refractivity contribution in [2.45, 2.75) is 25.3 Å². The van der Waals surface area contributed by atoms with Gasteiger partial charge in [0.1, 0.15) is 12.1 Å². The molecule has 1 atom stereocenters. The number of rotatable bonds is 3. The number of nitrogens with zero attached hydrogens (tertiary/aromatic N) is 2. The van der Waals surface area contributed by atoms with Crippen LogP contribution in [0.25, 0.3) is 0 Å². The standard InChI is InChI=1S/C17H16N4O3S/c1-10-9-25-15(18-10)19-13(22)8-21-14(23)17(20-16(21)24)7-6-11-4-2-3-5-12(11)17/h2-5,9H,6-8H2,1H3,(H,20,24)(H,18,19,22). The van der Waals surface area contributed by atoms with E-state index >= 15 is 0 Å². The maximum atomic E-state index is 12.9. The van der Waals surface area contributed by atoms with Crippen molar-refractivity contribution in [3.63, 3.8) is 0 Å². The van der Waals surface area contributed by atoms with Gasteiger partial charge in [-0.2, -0.15) is 0 Å². The van der Waals surface area contributed by atoms with Gasteiger partial charge in [-0.3, -0.25) is 14.5 Å². The average molecular weight is 356 g/mol. The van der Waals surface area contributed by atoms with Crippen LogP contribution >= 0.6 is 11.3 Å². The number of carbonyl (C=O) groups is 3. The van der Waals surface area contributed by atoms with E-state index in [2.05, 4.69) is 15.6 Å². The molecule has 1 fully saturated rings. The summed E-state index contributed by atoms with van der Waals surface area (Å²) >= 11 is 1.30. The highest BCUT2D eigenvalue weighted by Crippen LogP contribution is 2.41. The van der Waals surface area contributed by atoms with E-state index in [1.54, 1.807) is 0 Å². The monoisotopic (exact) mass is 356 g/mol. The number of aromatic nitrogens is 1. The summed E-state index contributed by atoms with van der Waals surface area (Å²) in [5, 5.41) is 7.69. The zero-order valence-electron chi connectivity index (χ0n) is 13.5. The van der Waals surface area contributed by atoms with E-state index in [4.69, 9.17) is 0 Å². The van der Waals surface area contributed by atoms with E-state index in [1.807, 2.05) is 36.6 Å². The Morgan fingerprint density at radius 1 is 1.40 bits per heavy atom. The van der Waals surface area contributed by atoms with Crippen molar-refractivity contribution in [1.82, 2.24) is 15.2 Å². The first kappa shape index (κ1) is 15.8. The summed E-state index contributed by atoms with van der Waals surface area (Å²) in [6, 6.07) is 7.06. The first-order valence-electron chi connectivity index (χ1n) is 7.94. The zero-order chi connectivity index (χ0) is 17.6. The van der Waals surface area contributed by atoms with Gasteiger partial charge < -0.3 is 10.6 Å². The molecule has 1 unspecified atom stereocenters. The Kier molecular flexibility index (Phi) is 3.57. The Labute approximate surface area is 148 Å². The molecule has 1 aliphatic heterocycles. The van der Waals surface area contributed by atoms with Gasteiger partial charge in [0.25, 0.3) is 5.91 Å². The van der Waals surface area contributed by atoms with Gasteiger partial charge in [-0.05, 0) is 30.9 Å². The van der Waals surface area contributed by atoms with Crippen LogP contribution in [0.1, 0.15) is 23.2 Å². The second kappa shape index (κ2) is 5.66. The number of nitrogens with one attached hydrogen (secondary N) is 2. The second-order valence-electron chi connectivity index (χ2n) is 6.23. The van der Waals surface area contributed by atoms with Crippen molar-refractivity contribution in [1.29, 1.82) is 0 Å². The molecule has 25 heavy (non-hydrogen) atoms. The van der Waals surface area contributed by atoms with Crippen molar-refractivity contribution in [3.05, 3.63) is 46.5 Å². The molecule has 0 saturated carbocycles. The average Bonchev–Trinajstić information content (AvgIpc) is 3.22. The third kappa shape index (κ3) is 2.49. The Bertz CT molecular complexity index is 894. The van der Waals surface area contributed by atoms with Gasteiger partial charge in [0, 0.05) is 5.38 Å². The molecular weight excluding hydrogens is 340 g/mol. The third-order valence-corrected chi connectivity index (χ3v) is 5.46. The summed E-state index contributed by atoms with van der Waals surface area (Å²) in [5.74, 6) is -0.811. The first-order chi connectivity index (χ1) is 12.0. The van der Waals surface area contributed by atoms with E-state index in [0.717, 1.165) is 28.1 Å². The highest BCUT2D eigenvalue weighted by atomic mass is 32.1. The smallest absolute Gasteiger partial charge is 0.319 e. The summed E-state index contributed by atoms with van der Waals surface area (Å²) in [5.41, 5.74) is 1.65. The topological polar surface area (TPSA) is 91.4 Å². The largest absolute Gasteiger partial charge is 0.325 e. The lowest BCUT2D eigenvalue weighted by Gasteiger charge is -2.22. The van der Waals surface area contributed by atoms with Crippen LogP contribution in [0.3, 0.4) is 0 Å². The van der Waals surface area contributed by atoms with Gasteiger partial charge in [-0.25, -0.2) is 9.78 Å². The van der Waals surface area contributed by atoms with Gasteiger partial charge in [0.15, 0.2) is 5.13 Å². The van der Waals surface area contributed by atoms with Gasteiger partial charge in [0.05, 0.1) is 5.69 Å². The molecule has 1 spiro atoms. The number of anilines is 1. The maximum Gasteiger partial charge on any atom is 0.325 e. The number of fused-ring (bicyclic) bond motifs is 2. The Balaban J connectivity index is 1.53. The van der Waals surface area contributed by atoms with E-state index < -0.39 is 17.5 Å². The highest BCUT2D eigenvalue weighted by Gasteiger charge is 2.55. The minimum atomic E-state index is -1.04. The Hall–Kier alpha value is -2.74. The molecule has 2 heterocycles. The summed E-state index contributed by atoms with van der Waals surface area (Å²) in [6.07, 6.45) is 1.24. The molecule has 4 rings (SSSR count). The van der Waals surface area contributed by atoms with Crippen LogP contribution in [0.4, 0.5) is 9.93 Å². The lowest BCUT2D eigenvalue weighted by molar-refractivity contribution is -0.134. The van der Waals surface area contributed by atoms with Gasteiger partial charge in [0.2, 0.25) is 5.91 Å². The summed E-state index contributed by atoms with van der Waals surface area (Å²) in [6.45, 7) is 1.50. The fraction of sp³-hybridized carbons (Fsp3) is 0.294. The van der Waals surface area contributed by atoms with Crippen LogP contribution in [-0.4, -0.2) is 34.3 Å². The summed E-state index contributed by atoms with van der Waals surface area (Å²) in [7, 11) is 0. The summed E-state index contributed by atoms with van der Waals surface area (Å²) < 4.78 is 0. The van der Waals surface area contributed by atoms with Gasteiger partial charge in [-0.15, -0.1) is 11.3 Å². The number of hydrogen-bond donors (Lipinski definition) is 2. The molecule has 1 aromatic heterocycles. The summed E-state index contributed by atoms with van der Waals surface area (Å²) in [4.78, 5) is 42.6. The Morgan fingerprint density at radius 2 is 2.20 bits per heavy atom. The van der Waals surface area contributed by atoms with E-state index in [1.165, 1.54) is 11.3 Å². The molecule has 1 aromatic carbocycles. The SMILES string of the molecule is Cc1csc(NC(=O)CN2C(=O)NC3(CCc4ccccc43)C2=O)n1. The predicted molar refractivity (Wildman–Crippen MR) is 92.2 cm³/mol. The Morgan fingerprint density at radius 3 is 2.96 bits per heavy atom. The lowest BCUT2D eigenvalue weighted by Crippen LogP contribution is -2.42. The van der Waals surface area contributed by atoms with Gasteiger partial charge in [-0.1, -0.05) is 24.3 Å². The normalized spacial score (nSPS) is 21.6. The van der Waals surface area contributed by atoms with E-state index in [9.17, 15) is 14.4 Å². The van der Waals surface area contributed by atoms with Crippen molar-refractivity contribution >= 4 is 34.3 Å². The molecule has 1 aliphatic carbocycles. The highest BCUT2D eigenvalue weighted by molar-refractivity contribution is 7.13. The molecule has 0 radical (unpaired) electrons. The number of hydrogen-bond acceptors (Lipinski definition) is 5. The zero-order valence-corrected chi connectivity index (χ0v) is 14.4. The number of imide groups is 1. The van der Waals surface area contributed by atoms with Crippen LogP contribution in [0, 0.1) is 6.92 Å². The number of urea groups is 1. The van der Waals surface area contributed by atoms with Crippen LogP contribution in [-0.2, 0) is 21.5 Å². The van der Waals surface area contributed by atoms with Gasteiger partial charge >= 0.3 is 6.03 Å². The fourth-order valence-electron chi connectivity index (χ4n) is 3.45. The van der Waals surface area contributed by atoms with Crippen LogP contribution in [0.5, 0.6) is 0 Å². The van der Waals surface area contributed by atoms with Crippen molar-refractivity contribution in [2.75, 3.05) is 11.9 Å². The molecule has 2 aromatic rings. The third-order valence-electron chi connectivity index (χ3n) is 4.59. The lowest BCUT2D eigenvalue weighted by atomic mass is 9.92. The molecule has 8 heteroatoms. The van der Waals surface area contributed by atoms with E-state index in [0.29, 0.717) is 11.6 Å². The molecule has 7 nitrogen and oxygen atoms in total. The van der Waals surface area contributed by atoms with Crippen molar-refractivity contribution in [2.24, 2.45) is 0 Å².